The Morgan fingerprint density at radius 1 is 1.31 bits per heavy atom. The highest BCUT2D eigenvalue weighted by atomic mass is 16.5. The molecule has 4 N–H and O–H groups in total. The minimum absolute atomic E-state index is 0.202. The van der Waals surface area contributed by atoms with Crippen LogP contribution in [0.15, 0.2) is 29.4 Å². The minimum Gasteiger partial charge on any atom is -0.488 e. The van der Waals surface area contributed by atoms with Gasteiger partial charge in [0.25, 0.3) is 0 Å². The Morgan fingerprint density at radius 3 is 2.27 bits per heavy atom. The van der Waals surface area contributed by atoms with Gasteiger partial charge in [0.05, 0.1) is 0 Å². The molecule has 0 saturated heterocycles. The van der Waals surface area contributed by atoms with Crippen LogP contribution in [0.2, 0.25) is 0 Å². The molecule has 0 heterocycles. The number of nitrogens with zero attached hydrogens (tertiary/aromatic N) is 2. The normalized spacial score (nSPS) is 15.8. The molecular weight excluding hydrogens is 332 g/mol. The van der Waals surface area contributed by atoms with Crippen molar-refractivity contribution in [3.63, 3.8) is 0 Å². The van der Waals surface area contributed by atoms with E-state index in [4.69, 9.17) is 21.1 Å². The molecule has 0 amide bonds. The molecule has 0 bridgehead atoms. The summed E-state index contributed by atoms with van der Waals surface area (Å²) >= 11 is 0. The SMILES string of the molecule is CC(C)(C)Oc1ccc(CC(N=[N+]=N)C(=O)O)cc1.NC1CCCCC1. The number of nitrogens with two attached hydrogens (primary N) is 1. The zero-order valence-corrected chi connectivity index (χ0v) is 15.9. The highest BCUT2D eigenvalue weighted by Crippen LogP contribution is 2.19. The fourth-order valence-corrected chi connectivity index (χ4v) is 2.65. The molecule has 144 valence electrons. The largest absolute Gasteiger partial charge is 0.488 e. The summed E-state index contributed by atoms with van der Waals surface area (Å²) in [5.41, 5.74) is 12.8. The Morgan fingerprint density at radius 2 is 1.88 bits per heavy atom. The maximum Gasteiger partial charge on any atom is 0.336 e. The second-order valence-electron chi connectivity index (χ2n) is 7.53. The van der Waals surface area contributed by atoms with Crippen molar-refractivity contribution in [1.29, 1.82) is 5.53 Å². The maximum atomic E-state index is 10.9. The number of carboxylic acids is 1. The van der Waals surface area contributed by atoms with Gasteiger partial charge in [-0.05, 0) is 51.3 Å². The smallest absolute Gasteiger partial charge is 0.336 e. The lowest BCUT2D eigenvalue weighted by Crippen LogP contribution is -2.23. The highest BCUT2D eigenvalue weighted by molar-refractivity contribution is 5.73. The van der Waals surface area contributed by atoms with Crippen molar-refractivity contribution in [3.8, 4) is 5.75 Å². The third-order valence-corrected chi connectivity index (χ3v) is 3.91. The second-order valence-corrected chi connectivity index (χ2v) is 7.53. The van der Waals surface area contributed by atoms with Crippen LogP contribution in [-0.2, 0) is 11.2 Å². The van der Waals surface area contributed by atoms with Crippen LogP contribution in [0.3, 0.4) is 0 Å². The van der Waals surface area contributed by atoms with E-state index in [0.29, 0.717) is 6.04 Å². The number of hydrogen-bond donors (Lipinski definition) is 3. The van der Waals surface area contributed by atoms with E-state index in [9.17, 15) is 4.79 Å². The topological polar surface area (TPSA) is 123 Å². The van der Waals surface area contributed by atoms with Gasteiger partial charge in [-0.2, -0.15) is 0 Å². The van der Waals surface area contributed by atoms with Crippen LogP contribution in [0.4, 0.5) is 0 Å². The molecule has 1 fully saturated rings. The van der Waals surface area contributed by atoms with Gasteiger partial charge < -0.3 is 15.6 Å². The summed E-state index contributed by atoms with van der Waals surface area (Å²) in [5, 5.41) is 12.3. The van der Waals surface area contributed by atoms with Crippen molar-refractivity contribution < 1.29 is 14.6 Å². The van der Waals surface area contributed by atoms with Crippen molar-refractivity contribution in [2.75, 3.05) is 0 Å². The van der Waals surface area contributed by atoms with Crippen molar-refractivity contribution >= 4 is 5.97 Å². The molecule has 2 rings (SSSR count). The molecule has 7 heteroatoms. The fraction of sp³-hybridized carbons (Fsp3) is 0.632. The fourth-order valence-electron chi connectivity index (χ4n) is 2.65. The Labute approximate surface area is 155 Å². The summed E-state index contributed by atoms with van der Waals surface area (Å²) in [5.74, 6) is -0.365. The predicted octanol–water partition coefficient (Wildman–Crippen LogP) is 3.69. The van der Waals surface area contributed by atoms with Crippen LogP contribution in [-0.4, -0.2) is 28.8 Å². The van der Waals surface area contributed by atoms with Crippen LogP contribution in [0.5, 0.6) is 5.75 Å². The summed E-state index contributed by atoms with van der Waals surface area (Å²) in [4.78, 5) is 13.7. The first-order valence-corrected chi connectivity index (χ1v) is 9.04. The van der Waals surface area contributed by atoms with Crippen molar-refractivity contribution in [2.45, 2.75) is 77.0 Å². The van der Waals surface area contributed by atoms with Gasteiger partial charge in [-0.1, -0.05) is 31.4 Å². The Bertz CT molecular complexity index is 596. The maximum absolute atomic E-state index is 10.9. The average molecular weight is 363 g/mol. The van der Waals surface area contributed by atoms with E-state index in [1.807, 2.05) is 20.8 Å². The summed E-state index contributed by atoms with van der Waals surface area (Å²) in [6.07, 6.45) is 6.86. The molecular formula is C19H31N4O3+. The molecule has 26 heavy (non-hydrogen) atoms. The molecule has 1 aliphatic carbocycles. The van der Waals surface area contributed by atoms with Crippen LogP contribution in [0.1, 0.15) is 58.4 Å². The van der Waals surface area contributed by atoms with Crippen molar-refractivity contribution in [3.05, 3.63) is 29.8 Å². The monoisotopic (exact) mass is 363 g/mol. The van der Waals surface area contributed by atoms with Crippen molar-refractivity contribution in [2.24, 2.45) is 10.8 Å². The summed E-state index contributed by atoms with van der Waals surface area (Å²) in [6.45, 7) is 5.86. The summed E-state index contributed by atoms with van der Waals surface area (Å²) in [7, 11) is 0. The Balaban J connectivity index is 0.000000401. The van der Waals surface area contributed by atoms with Crippen LogP contribution >= 0.6 is 0 Å². The van der Waals surface area contributed by atoms with E-state index >= 15 is 0 Å². The second kappa shape index (κ2) is 10.7. The van der Waals surface area contributed by atoms with E-state index in [-0.39, 0.29) is 12.0 Å². The third kappa shape index (κ3) is 9.30. The highest BCUT2D eigenvalue weighted by Gasteiger charge is 2.22. The number of ether oxygens (including phenoxy) is 1. The average Bonchev–Trinajstić information content (AvgIpc) is 2.56. The van der Waals surface area contributed by atoms with E-state index in [2.05, 4.69) is 10.0 Å². The number of nitrogens with one attached hydrogen (secondary N) is 1. The minimum atomic E-state index is -1.09. The lowest BCUT2D eigenvalue weighted by molar-refractivity contribution is -0.138. The first-order valence-electron chi connectivity index (χ1n) is 9.04. The number of carboxylic acid groups (broad SMARTS) is 1. The number of benzene rings is 1. The number of hydrogen-bond acceptors (Lipinski definition) is 5. The molecule has 0 radical (unpaired) electrons. The molecule has 1 saturated carbocycles. The van der Waals surface area contributed by atoms with Gasteiger partial charge in [0.2, 0.25) is 11.0 Å². The molecule has 1 aromatic carbocycles. The van der Waals surface area contributed by atoms with Gasteiger partial charge in [0.15, 0.2) is 0 Å². The van der Waals surface area contributed by atoms with E-state index in [1.54, 1.807) is 24.3 Å². The van der Waals surface area contributed by atoms with E-state index < -0.39 is 12.0 Å². The lowest BCUT2D eigenvalue weighted by atomic mass is 9.97. The van der Waals surface area contributed by atoms with Gasteiger partial charge in [-0.25, -0.2) is 4.79 Å². The molecule has 1 atom stereocenters. The van der Waals surface area contributed by atoms with E-state index in [1.165, 1.54) is 32.1 Å². The van der Waals surface area contributed by atoms with Gasteiger partial charge in [-0.15, -0.1) is 0 Å². The lowest BCUT2D eigenvalue weighted by Gasteiger charge is -2.21. The molecule has 0 spiro atoms. The van der Waals surface area contributed by atoms with Gasteiger partial charge >= 0.3 is 5.97 Å². The third-order valence-electron chi connectivity index (χ3n) is 3.91. The number of carbonyl (C=O) groups is 1. The quantitative estimate of drug-likeness (QED) is 0.545. The molecule has 0 aliphatic heterocycles. The van der Waals surface area contributed by atoms with Crippen LogP contribution < -0.4 is 15.4 Å². The molecule has 1 unspecified atom stereocenters. The first kappa shape index (κ1) is 21.8. The molecule has 1 aromatic rings. The summed E-state index contributed by atoms with van der Waals surface area (Å²) in [6, 6.07) is 6.67. The zero-order chi connectivity index (χ0) is 19.6. The van der Waals surface area contributed by atoms with Gasteiger partial charge in [-0.3, -0.25) is 0 Å². The van der Waals surface area contributed by atoms with Crippen LogP contribution in [0, 0.1) is 5.53 Å². The van der Waals surface area contributed by atoms with Crippen molar-refractivity contribution in [1.82, 2.24) is 4.91 Å². The van der Waals surface area contributed by atoms with E-state index in [0.717, 1.165) is 11.3 Å². The number of aliphatic carboxylic acids is 1. The molecule has 0 aromatic heterocycles. The first-order chi connectivity index (χ1) is 12.2. The zero-order valence-electron chi connectivity index (χ0n) is 15.9. The number of rotatable bonds is 5. The Hall–Kier alpha value is -2.24. The Kier molecular flexibility index (Phi) is 8.96. The van der Waals surface area contributed by atoms with Gasteiger partial charge in [0.1, 0.15) is 22.0 Å². The molecule has 7 nitrogen and oxygen atoms in total. The van der Waals surface area contributed by atoms with Gasteiger partial charge in [0, 0.05) is 12.5 Å². The van der Waals surface area contributed by atoms with Crippen LogP contribution in [0.25, 0.3) is 0 Å². The molecule has 1 aliphatic rings. The summed E-state index contributed by atoms with van der Waals surface area (Å²) < 4.78 is 5.67. The predicted molar refractivity (Wildman–Crippen MR) is 100 cm³/mol. The standard InChI is InChI=1S/C13H17N3O3.C6H13N/c1-13(2,3)19-10-6-4-9(5-7-10)8-11(12(17)18)15-16-14;7-6-4-2-1-3-5-6/h4-7,11,14H,8H2,1-3H3;6H,1-5,7H2/p+1.